The molecule has 7 heteroatoms. The Kier molecular flexibility index (Phi) is 8.57. The molecule has 0 aromatic heterocycles. The maximum Gasteiger partial charge on any atom is 0.407 e. The first kappa shape index (κ1) is 25.0. The van der Waals surface area contributed by atoms with Crippen LogP contribution in [0.1, 0.15) is 80.1 Å². The molecule has 164 valence electrons. The van der Waals surface area contributed by atoms with Crippen LogP contribution in [-0.2, 0) is 14.0 Å². The fourth-order valence-electron chi connectivity index (χ4n) is 3.33. The summed E-state index contributed by atoms with van der Waals surface area (Å²) in [7, 11) is -2.25. The summed E-state index contributed by atoms with van der Waals surface area (Å²) in [4.78, 5) is 24.9. The number of carbonyl (C=O) groups excluding carboxylic acids is 2. The van der Waals surface area contributed by atoms with Crippen LogP contribution in [-0.4, -0.2) is 38.1 Å². The van der Waals surface area contributed by atoms with Crippen molar-refractivity contribution in [1.29, 1.82) is 0 Å². The molecule has 1 aliphatic carbocycles. The van der Waals surface area contributed by atoms with Gasteiger partial charge in [-0.05, 0) is 51.2 Å². The Balaban J connectivity index is 3.05. The van der Waals surface area contributed by atoms with E-state index in [9.17, 15) is 9.59 Å². The molecule has 6 nitrogen and oxygen atoms in total. The normalized spacial score (nSPS) is 19.0. The van der Waals surface area contributed by atoms with E-state index in [-0.39, 0.29) is 5.04 Å². The second-order valence-corrected chi connectivity index (χ2v) is 15.4. The van der Waals surface area contributed by atoms with E-state index >= 15 is 0 Å². The van der Waals surface area contributed by atoms with E-state index in [2.05, 4.69) is 39.2 Å². The first-order valence-electron chi connectivity index (χ1n) is 10.6. The fourth-order valence-corrected chi connectivity index (χ4v) is 4.60. The lowest BCUT2D eigenvalue weighted by Crippen LogP contribution is -2.57. The third kappa shape index (κ3) is 8.11. The second kappa shape index (κ2) is 9.61. The molecule has 2 amide bonds. The van der Waals surface area contributed by atoms with Crippen LogP contribution in [0, 0.1) is 5.92 Å². The average Bonchev–Trinajstić information content (AvgIpc) is 2.50. The van der Waals surface area contributed by atoms with E-state index < -0.39 is 38.1 Å². The quantitative estimate of drug-likeness (QED) is 0.589. The van der Waals surface area contributed by atoms with Crippen LogP contribution >= 0.6 is 0 Å². The summed E-state index contributed by atoms with van der Waals surface area (Å²) in [5.41, 5.74) is 5.15. The molecule has 1 saturated carbocycles. The Morgan fingerprint density at radius 3 is 2.04 bits per heavy atom. The molecule has 28 heavy (non-hydrogen) atoms. The number of nitrogens with one attached hydrogen (secondary N) is 1. The number of carbonyl (C=O) groups is 2. The van der Waals surface area contributed by atoms with Gasteiger partial charge in [-0.1, -0.05) is 52.9 Å². The molecule has 0 aliphatic heterocycles. The number of primary amides is 1. The molecule has 0 saturated heterocycles. The number of hydrogen-bond donors (Lipinski definition) is 2. The van der Waals surface area contributed by atoms with Crippen LogP contribution in [0.25, 0.3) is 0 Å². The molecule has 0 aromatic carbocycles. The molecule has 0 heterocycles. The zero-order chi connectivity index (χ0) is 21.8. The predicted octanol–water partition coefficient (Wildman–Crippen LogP) is 4.73. The molecule has 1 fully saturated rings. The van der Waals surface area contributed by atoms with Gasteiger partial charge in [-0.3, -0.25) is 4.79 Å². The van der Waals surface area contributed by atoms with E-state index in [1.165, 1.54) is 19.3 Å². The molecular formula is C21H42N2O4Si. The van der Waals surface area contributed by atoms with Crippen LogP contribution in [0.2, 0.25) is 18.1 Å². The number of ether oxygens (including phenoxy) is 1. The summed E-state index contributed by atoms with van der Waals surface area (Å²) in [5, 5.41) is 2.84. The molecule has 0 unspecified atom stereocenters. The van der Waals surface area contributed by atoms with Gasteiger partial charge in [-0.15, -0.1) is 0 Å². The van der Waals surface area contributed by atoms with Crippen molar-refractivity contribution in [3.63, 3.8) is 0 Å². The third-order valence-electron chi connectivity index (χ3n) is 5.89. The molecular weight excluding hydrogens is 372 g/mol. The van der Waals surface area contributed by atoms with Crippen LogP contribution in [0.3, 0.4) is 0 Å². The Hall–Kier alpha value is -1.08. The van der Waals surface area contributed by atoms with Gasteiger partial charge in [0.05, 0.1) is 6.04 Å². The van der Waals surface area contributed by atoms with Crippen molar-refractivity contribution >= 4 is 20.3 Å². The van der Waals surface area contributed by atoms with Gasteiger partial charge in [0.15, 0.2) is 8.32 Å². The standard InChI is InChI=1S/C21H42N2O4Si/c1-20(2,3)26-19(25)23-16(14-15-12-10-9-11-13-15)17(18(22)24)27-28(7,8)21(4,5)6/h15-17H,9-14H2,1-8H3,(H2,22,24)(H,23,25)/t16-,17+/m1/s1. The highest BCUT2D eigenvalue weighted by molar-refractivity contribution is 6.74. The zero-order valence-corrected chi connectivity index (χ0v) is 20.2. The molecule has 1 rings (SSSR count). The third-order valence-corrected chi connectivity index (χ3v) is 10.3. The van der Waals surface area contributed by atoms with Gasteiger partial charge in [0.1, 0.15) is 11.7 Å². The van der Waals surface area contributed by atoms with Gasteiger partial charge >= 0.3 is 6.09 Å². The van der Waals surface area contributed by atoms with Crippen LogP contribution in [0.15, 0.2) is 0 Å². The van der Waals surface area contributed by atoms with Gasteiger partial charge in [0.25, 0.3) is 0 Å². The number of amides is 2. The van der Waals surface area contributed by atoms with E-state index in [1.807, 2.05) is 20.8 Å². The van der Waals surface area contributed by atoms with Crippen molar-refractivity contribution in [2.24, 2.45) is 11.7 Å². The summed E-state index contributed by atoms with van der Waals surface area (Å²) >= 11 is 0. The summed E-state index contributed by atoms with van der Waals surface area (Å²) in [6, 6.07) is -0.482. The topological polar surface area (TPSA) is 90.7 Å². The molecule has 0 radical (unpaired) electrons. The second-order valence-electron chi connectivity index (χ2n) is 10.7. The minimum Gasteiger partial charge on any atom is -0.444 e. The Labute approximate surface area is 172 Å². The lowest BCUT2D eigenvalue weighted by molar-refractivity contribution is -0.126. The van der Waals surface area contributed by atoms with Crippen molar-refractivity contribution in [3.8, 4) is 0 Å². The Morgan fingerprint density at radius 1 is 1.07 bits per heavy atom. The van der Waals surface area contributed by atoms with Crippen molar-refractivity contribution in [3.05, 3.63) is 0 Å². The van der Waals surface area contributed by atoms with E-state index in [0.29, 0.717) is 12.3 Å². The van der Waals surface area contributed by atoms with Crippen LogP contribution in [0.4, 0.5) is 4.79 Å². The minimum absolute atomic E-state index is 0.0675. The van der Waals surface area contributed by atoms with Gasteiger partial charge < -0.3 is 20.2 Å². The van der Waals surface area contributed by atoms with Crippen molar-refractivity contribution < 1.29 is 18.8 Å². The number of hydrogen-bond acceptors (Lipinski definition) is 4. The highest BCUT2D eigenvalue weighted by Crippen LogP contribution is 2.38. The lowest BCUT2D eigenvalue weighted by Gasteiger charge is -2.41. The van der Waals surface area contributed by atoms with Gasteiger partial charge in [0, 0.05) is 0 Å². The van der Waals surface area contributed by atoms with E-state index in [1.54, 1.807) is 0 Å². The molecule has 1 aliphatic rings. The van der Waals surface area contributed by atoms with E-state index in [4.69, 9.17) is 14.9 Å². The van der Waals surface area contributed by atoms with Gasteiger partial charge in [0.2, 0.25) is 5.91 Å². The minimum atomic E-state index is -2.25. The SMILES string of the molecule is CC(C)(C)OC(=O)N[C@H](CC1CCCCC1)[C@H](O[Si](C)(C)C(C)(C)C)C(N)=O. The number of nitrogens with two attached hydrogens (primary N) is 1. The summed E-state index contributed by atoms with van der Waals surface area (Å²) < 4.78 is 11.8. The highest BCUT2D eigenvalue weighted by Gasteiger charge is 2.43. The summed E-state index contributed by atoms with van der Waals surface area (Å²) in [5.74, 6) is -0.0692. The molecule has 0 spiro atoms. The first-order valence-corrected chi connectivity index (χ1v) is 13.5. The van der Waals surface area contributed by atoms with Crippen LogP contribution in [0.5, 0.6) is 0 Å². The molecule has 0 bridgehead atoms. The van der Waals surface area contributed by atoms with Crippen molar-refractivity contribution in [1.82, 2.24) is 5.32 Å². The molecule has 0 aromatic rings. The predicted molar refractivity (Wildman–Crippen MR) is 116 cm³/mol. The highest BCUT2D eigenvalue weighted by atomic mass is 28.4. The monoisotopic (exact) mass is 414 g/mol. The largest absolute Gasteiger partial charge is 0.444 e. The number of alkyl carbamates (subject to hydrolysis) is 1. The van der Waals surface area contributed by atoms with Crippen LogP contribution < -0.4 is 11.1 Å². The van der Waals surface area contributed by atoms with Gasteiger partial charge in [-0.2, -0.15) is 0 Å². The lowest BCUT2D eigenvalue weighted by atomic mass is 9.83. The average molecular weight is 415 g/mol. The van der Waals surface area contributed by atoms with Crippen molar-refractivity contribution in [2.75, 3.05) is 0 Å². The maximum absolute atomic E-state index is 12.5. The Morgan fingerprint density at radius 2 is 1.61 bits per heavy atom. The zero-order valence-electron chi connectivity index (χ0n) is 19.2. The fraction of sp³-hybridized carbons (Fsp3) is 0.905. The first-order chi connectivity index (χ1) is 12.6. The smallest absolute Gasteiger partial charge is 0.407 e. The van der Waals surface area contributed by atoms with Crippen molar-refractivity contribution in [2.45, 2.75) is 116 Å². The maximum atomic E-state index is 12.5. The summed E-state index contributed by atoms with van der Waals surface area (Å²) in [6.45, 7) is 16.0. The number of rotatable bonds is 7. The Bertz CT molecular complexity index is 532. The van der Waals surface area contributed by atoms with Gasteiger partial charge in [-0.25, -0.2) is 4.79 Å². The molecule has 2 atom stereocenters. The summed E-state index contributed by atoms with van der Waals surface area (Å²) in [6.07, 6.45) is 5.15. The van der Waals surface area contributed by atoms with E-state index in [0.717, 1.165) is 12.8 Å². The molecule has 3 N–H and O–H groups in total.